The van der Waals surface area contributed by atoms with Crippen LogP contribution in [0.4, 0.5) is 15.8 Å². The zero-order valence-corrected chi connectivity index (χ0v) is 10.9. The topological polar surface area (TPSA) is 75.3 Å². The van der Waals surface area contributed by atoms with Crippen molar-refractivity contribution < 1.29 is 14.3 Å². The lowest BCUT2D eigenvalue weighted by Crippen LogP contribution is -2.33. The quantitative estimate of drug-likeness (QED) is 0.706. The number of hydrogen-bond acceptors (Lipinski definition) is 3. The lowest BCUT2D eigenvalue weighted by molar-refractivity contribution is 0.0692. The summed E-state index contributed by atoms with van der Waals surface area (Å²) in [6, 6.07) is 2.29. The summed E-state index contributed by atoms with van der Waals surface area (Å²) in [6.07, 6.45) is 1.70. The average Bonchev–Trinajstić information content (AvgIpc) is 2.32. The van der Waals surface area contributed by atoms with Crippen LogP contribution in [0.15, 0.2) is 12.1 Å². The SMILES string of the molecule is CCC(C)(CC)Nc1cc(F)c(C(=O)O)cc1N. The van der Waals surface area contributed by atoms with E-state index in [1.165, 1.54) is 0 Å². The fourth-order valence-electron chi connectivity index (χ4n) is 1.61. The summed E-state index contributed by atoms with van der Waals surface area (Å²) in [4.78, 5) is 10.8. The Morgan fingerprint density at radius 3 is 2.44 bits per heavy atom. The van der Waals surface area contributed by atoms with Gasteiger partial charge in [0.1, 0.15) is 5.82 Å². The first-order valence-corrected chi connectivity index (χ1v) is 5.93. The zero-order valence-electron chi connectivity index (χ0n) is 10.9. The zero-order chi connectivity index (χ0) is 13.9. The standard InChI is InChI=1S/C13H19FN2O2/c1-4-13(3,5-2)16-11-7-9(14)8(12(17)18)6-10(11)15/h6-7,16H,4-5,15H2,1-3H3,(H,17,18). The van der Waals surface area contributed by atoms with Gasteiger partial charge in [-0.2, -0.15) is 0 Å². The highest BCUT2D eigenvalue weighted by molar-refractivity contribution is 5.90. The highest BCUT2D eigenvalue weighted by atomic mass is 19.1. The van der Waals surface area contributed by atoms with Gasteiger partial charge in [0.25, 0.3) is 0 Å². The van der Waals surface area contributed by atoms with E-state index in [1.54, 1.807) is 0 Å². The van der Waals surface area contributed by atoms with Crippen LogP contribution in [0.25, 0.3) is 0 Å². The molecule has 0 bridgehead atoms. The number of aromatic carboxylic acids is 1. The van der Waals surface area contributed by atoms with E-state index in [-0.39, 0.29) is 11.2 Å². The fourth-order valence-corrected chi connectivity index (χ4v) is 1.61. The van der Waals surface area contributed by atoms with Gasteiger partial charge < -0.3 is 16.2 Å². The summed E-state index contributed by atoms with van der Waals surface area (Å²) >= 11 is 0. The predicted molar refractivity (Wildman–Crippen MR) is 70.4 cm³/mol. The molecule has 0 saturated carbocycles. The van der Waals surface area contributed by atoms with Gasteiger partial charge in [0.15, 0.2) is 0 Å². The van der Waals surface area contributed by atoms with Crippen LogP contribution in [0.2, 0.25) is 0 Å². The number of carbonyl (C=O) groups is 1. The van der Waals surface area contributed by atoms with Gasteiger partial charge >= 0.3 is 5.97 Å². The maximum absolute atomic E-state index is 13.6. The van der Waals surface area contributed by atoms with E-state index in [2.05, 4.69) is 5.32 Å². The normalized spacial score (nSPS) is 11.3. The van der Waals surface area contributed by atoms with E-state index in [4.69, 9.17) is 10.8 Å². The van der Waals surface area contributed by atoms with E-state index in [0.717, 1.165) is 25.0 Å². The highest BCUT2D eigenvalue weighted by Crippen LogP contribution is 2.28. The molecule has 4 nitrogen and oxygen atoms in total. The summed E-state index contributed by atoms with van der Waals surface area (Å²) in [5.41, 5.74) is 5.83. The number of anilines is 2. The van der Waals surface area contributed by atoms with Crippen LogP contribution in [-0.2, 0) is 0 Å². The van der Waals surface area contributed by atoms with Gasteiger partial charge in [-0.25, -0.2) is 9.18 Å². The molecule has 1 aromatic carbocycles. The fraction of sp³-hybridized carbons (Fsp3) is 0.462. The Bertz CT molecular complexity index is 457. The van der Waals surface area contributed by atoms with E-state index >= 15 is 0 Å². The number of hydrogen-bond donors (Lipinski definition) is 3. The Balaban J connectivity index is 3.12. The Hall–Kier alpha value is -1.78. The van der Waals surface area contributed by atoms with Crippen molar-refractivity contribution in [1.29, 1.82) is 0 Å². The molecule has 0 fully saturated rings. The van der Waals surface area contributed by atoms with E-state index < -0.39 is 17.3 Å². The monoisotopic (exact) mass is 254 g/mol. The molecule has 0 saturated heterocycles. The summed E-state index contributed by atoms with van der Waals surface area (Å²) in [5, 5.41) is 12.0. The predicted octanol–water partition coefficient (Wildman–Crippen LogP) is 3.10. The van der Waals surface area contributed by atoms with Gasteiger partial charge in [-0.3, -0.25) is 0 Å². The Morgan fingerprint density at radius 1 is 1.44 bits per heavy atom. The third-order valence-electron chi connectivity index (χ3n) is 3.37. The molecule has 0 aliphatic rings. The third kappa shape index (κ3) is 2.91. The molecule has 1 aromatic rings. The van der Waals surface area contributed by atoms with Crippen LogP contribution in [0.5, 0.6) is 0 Å². The number of halogens is 1. The first-order chi connectivity index (χ1) is 8.33. The summed E-state index contributed by atoms with van der Waals surface area (Å²) in [6.45, 7) is 6.05. The molecule has 0 atom stereocenters. The van der Waals surface area contributed by atoms with Gasteiger partial charge in [0.2, 0.25) is 0 Å². The van der Waals surface area contributed by atoms with Crippen LogP contribution < -0.4 is 11.1 Å². The van der Waals surface area contributed by atoms with Crippen molar-refractivity contribution in [2.75, 3.05) is 11.1 Å². The van der Waals surface area contributed by atoms with Crippen LogP contribution in [0.1, 0.15) is 44.0 Å². The van der Waals surface area contributed by atoms with Crippen molar-refractivity contribution in [2.24, 2.45) is 0 Å². The molecule has 18 heavy (non-hydrogen) atoms. The van der Waals surface area contributed by atoms with Crippen molar-refractivity contribution in [3.63, 3.8) is 0 Å². The van der Waals surface area contributed by atoms with E-state index in [9.17, 15) is 9.18 Å². The molecule has 0 heterocycles. The smallest absolute Gasteiger partial charge is 0.338 e. The molecular weight excluding hydrogens is 235 g/mol. The number of carboxylic acid groups (broad SMARTS) is 1. The second-order valence-electron chi connectivity index (χ2n) is 4.62. The van der Waals surface area contributed by atoms with Gasteiger partial charge in [-0.15, -0.1) is 0 Å². The summed E-state index contributed by atoms with van der Waals surface area (Å²) < 4.78 is 13.6. The average molecular weight is 254 g/mol. The summed E-state index contributed by atoms with van der Waals surface area (Å²) in [7, 11) is 0. The molecule has 0 aliphatic carbocycles. The Morgan fingerprint density at radius 2 is 2.00 bits per heavy atom. The minimum atomic E-state index is -1.32. The van der Waals surface area contributed by atoms with E-state index in [1.807, 2.05) is 20.8 Å². The highest BCUT2D eigenvalue weighted by Gasteiger charge is 2.21. The molecule has 0 unspecified atom stereocenters. The maximum Gasteiger partial charge on any atom is 0.338 e. The number of rotatable bonds is 5. The second-order valence-corrected chi connectivity index (χ2v) is 4.62. The van der Waals surface area contributed by atoms with Crippen LogP contribution in [0.3, 0.4) is 0 Å². The lowest BCUT2D eigenvalue weighted by atomic mass is 9.95. The number of carboxylic acids is 1. The number of nitrogens with one attached hydrogen (secondary N) is 1. The first-order valence-electron chi connectivity index (χ1n) is 5.93. The molecule has 0 spiro atoms. The maximum atomic E-state index is 13.6. The molecule has 0 radical (unpaired) electrons. The van der Waals surface area contributed by atoms with Crippen molar-refractivity contribution in [3.8, 4) is 0 Å². The summed E-state index contributed by atoms with van der Waals surface area (Å²) in [5.74, 6) is -2.10. The Kier molecular flexibility index (Phi) is 4.16. The van der Waals surface area contributed by atoms with Crippen LogP contribution in [0, 0.1) is 5.82 Å². The largest absolute Gasteiger partial charge is 0.478 e. The van der Waals surface area contributed by atoms with Crippen molar-refractivity contribution in [1.82, 2.24) is 0 Å². The van der Waals surface area contributed by atoms with Gasteiger partial charge in [0.05, 0.1) is 16.9 Å². The second kappa shape index (κ2) is 5.25. The minimum Gasteiger partial charge on any atom is -0.478 e. The Labute approximate surface area is 106 Å². The van der Waals surface area contributed by atoms with Crippen LogP contribution in [-0.4, -0.2) is 16.6 Å². The molecule has 4 N–H and O–H groups in total. The van der Waals surface area contributed by atoms with Crippen LogP contribution >= 0.6 is 0 Å². The molecule has 100 valence electrons. The van der Waals surface area contributed by atoms with Gasteiger partial charge in [0, 0.05) is 5.54 Å². The minimum absolute atomic E-state index is 0.189. The number of benzene rings is 1. The van der Waals surface area contributed by atoms with E-state index in [0.29, 0.717) is 5.69 Å². The molecule has 1 rings (SSSR count). The molecule has 0 aromatic heterocycles. The third-order valence-corrected chi connectivity index (χ3v) is 3.37. The van der Waals surface area contributed by atoms with Crippen molar-refractivity contribution >= 4 is 17.3 Å². The molecule has 0 aliphatic heterocycles. The number of nitrogen functional groups attached to an aromatic ring is 1. The van der Waals surface area contributed by atoms with Crippen molar-refractivity contribution in [2.45, 2.75) is 39.2 Å². The van der Waals surface area contributed by atoms with Crippen molar-refractivity contribution in [3.05, 3.63) is 23.5 Å². The first kappa shape index (κ1) is 14.3. The molecule has 0 amide bonds. The number of nitrogens with two attached hydrogens (primary N) is 1. The lowest BCUT2D eigenvalue weighted by Gasteiger charge is -2.30. The molecular formula is C13H19FN2O2. The van der Waals surface area contributed by atoms with Gasteiger partial charge in [-0.05, 0) is 31.9 Å². The molecule has 5 heteroatoms. The van der Waals surface area contributed by atoms with Gasteiger partial charge in [-0.1, -0.05) is 13.8 Å².